The van der Waals surface area contributed by atoms with Crippen LogP contribution in [-0.2, 0) is 9.59 Å². The highest BCUT2D eigenvalue weighted by Gasteiger charge is 2.29. The quantitative estimate of drug-likeness (QED) is 0.647. The van der Waals surface area contributed by atoms with E-state index in [1.54, 1.807) is 0 Å². The molecule has 0 spiro atoms. The molecule has 1 rings (SSSR count). The van der Waals surface area contributed by atoms with E-state index in [9.17, 15) is 9.59 Å². The van der Waals surface area contributed by atoms with Crippen LogP contribution in [0.2, 0.25) is 0 Å². The molecule has 0 aromatic carbocycles. The Bertz CT molecular complexity index is 288. The van der Waals surface area contributed by atoms with Crippen molar-refractivity contribution in [2.45, 2.75) is 45.6 Å². The lowest BCUT2D eigenvalue weighted by Crippen LogP contribution is -2.49. The first-order chi connectivity index (χ1) is 7.97. The fourth-order valence-electron chi connectivity index (χ4n) is 2.27. The number of hydrogen-bond acceptors (Lipinski definition) is 3. The molecule has 1 fully saturated rings. The minimum atomic E-state index is -0.527. The average molecular weight is 258 g/mol. The Hall–Kier alpha value is -0.710. The summed E-state index contributed by atoms with van der Waals surface area (Å²) in [5.74, 6) is -0.0168. The fourth-order valence-corrected chi connectivity index (χ4v) is 2.53. The lowest BCUT2D eigenvalue weighted by atomic mass is 9.89. The molecule has 1 atom stereocenters. The summed E-state index contributed by atoms with van der Waals surface area (Å²) in [6, 6.07) is -0.527. The van der Waals surface area contributed by atoms with Crippen molar-refractivity contribution in [1.29, 1.82) is 0 Å². The second-order valence-corrected chi connectivity index (χ2v) is 5.54. The van der Waals surface area contributed by atoms with Crippen LogP contribution < -0.4 is 10.6 Å². The maximum atomic E-state index is 11.8. The van der Waals surface area contributed by atoms with Crippen molar-refractivity contribution in [2.24, 2.45) is 5.41 Å². The summed E-state index contributed by atoms with van der Waals surface area (Å²) in [6.07, 6.45) is 4.82. The summed E-state index contributed by atoms with van der Waals surface area (Å²) in [6.45, 7) is 4.30. The highest BCUT2D eigenvalue weighted by Crippen LogP contribution is 2.36. The van der Waals surface area contributed by atoms with Gasteiger partial charge < -0.3 is 10.6 Å². The molecule has 0 bridgehead atoms. The van der Waals surface area contributed by atoms with Gasteiger partial charge in [-0.15, -0.1) is 0 Å². The largest absolute Gasteiger partial charge is 0.354 e. The van der Waals surface area contributed by atoms with Gasteiger partial charge in [0.1, 0.15) is 6.04 Å². The Morgan fingerprint density at radius 3 is 2.41 bits per heavy atom. The Kier molecular flexibility index (Phi) is 5.31. The van der Waals surface area contributed by atoms with Gasteiger partial charge in [-0.25, -0.2) is 0 Å². The van der Waals surface area contributed by atoms with E-state index in [0.717, 1.165) is 0 Å². The smallest absolute Gasteiger partial charge is 0.243 e. The van der Waals surface area contributed by atoms with Gasteiger partial charge in [0.05, 0.1) is 0 Å². The molecule has 1 saturated carbocycles. The molecule has 0 heterocycles. The summed E-state index contributed by atoms with van der Waals surface area (Å²) < 4.78 is 0. The van der Waals surface area contributed by atoms with Crippen LogP contribution in [0.25, 0.3) is 0 Å². The van der Waals surface area contributed by atoms with Crippen LogP contribution in [0, 0.1) is 5.41 Å². The first kappa shape index (κ1) is 14.4. The third-order valence-electron chi connectivity index (χ3n) is 3.38. The molecule has 98 valence electrons. The molecule has 1 aliphatic rings. The van der Waals surface area contributed by atoms with Crippen LogP contribution >= 0.6 is 12.6 Å². The molecule has 17 heavy (non-hydrogen) atoms. The normalized spacial score (nSPS) is 19.7. The first-order valence-corrected chi connectivity index (χ1v) is 6.76. The van der Waals surface area contributed by atoms with E-state index in [0.29, 0.717) is 12.3 Å². The number of carbonyl (C=O) groups excluding carboxylic acids is 2. The maximum absolute atomic E-state index is 11.8. The molecule has 0 aromatic rings. The van der Waals surface area contributed by atoms with Crippen LogP contribution in [-0.4, -0.2) is 30.2 Å². The minimum Gasteiger partial charge on any atom is -0.354 e. The Labute approximate surface area is 108 Å². The molecule has 5 heteroatoms. The van der Waals surface area contributed by atoms with Crippen molar-refractivity contribution in [1.82, 2.24) is 10.6 Å². The van der Waals surface area contributed by atoms with Crippen molar-refractivity contribution < 1.29 is 9.59 Å². The molecule has 1 aliphatic carbocycles. The zero-order valence-corrected chi connectivity index (χ0v) is 11.5. The van der Waals surface area contributed by atoms with Gasteiger partial charge in [0, 0.05) is 19.2 Å². The predicted octanol–water partition coefficient (Wildman–Crippen LogP) is 1.12. The standard InChI is InChI=1S/C12H22N2O2S/c1-9(15)14-10(7-17)11(16)13-8-12(2)5-3-4-6-12/h10,17H,3-8H2,1-2H3,(H,13,16)(H,14,15). The Morgan fingerprint density at radius 2 is 1.94 bits per heavy atom. The van der Waals surface area contributed by atoms with Gasteiger partial charge in [-0.3, -0.25) is 9.59 Å². The maximum Gasteiger partial charge on any atom is 0.243 e. The number of amides is 2. The van der Waals surface area contributed by atoms with Gasteiger partial charge in [0.2, 0.25) is 11.8 Å². The van der Waals surface area contributed by atoms with Crippen molar-refractivity contribution >= 4 is 24.4 Å². The van der Waals surface area contributed by atoms with Gasteiger partial charge in [0.25, 0.3) is 0 Å². The summed E-state index contributed by atoms with van der Waals surface area (Å²) in [5.41, 5.74) is 0.229. The molecule has 1 unspecified atom stereocenters. The SMILES string of the molecule is CC(=O)NC(CS)C(=O)NCC1(C)CCCC1. The van der Waals surface area contributed by atoms with Gasteiger partial charge in [-0.2, -0.15) is 12.6 Å². The van der Waals surface area contributed by atoms with Crippen LogP contribution in [0.3, 0.4) is 0 Å². The summed E-state index contributed by atoms with van der Waals surface area (Å²) in [5, 5.41) is 5.51. The van der Waals surface area contributed by atoms with Crippen LogP contribution in [0.1, 0.15) is 39.5 Å². The minimum absolute atomic E-state index is 0.136. The number of carbonyl (C=O) groups is 2. The fraction of sp³-hybridized carbons (Fsp3) is 0.833. The predicted molar refractivity (Wildman–Crippen MR) is 71.0 cm³/mol. The third kappa shape index (κ3) is 4.58. The van der Waals surface area contributed by atoms with Crippen molar-refractivity contribution in [3.05, 3.63) is 0 Å². The summed E-state index contributed by atoms with van der Waals surface area (Å²) in [4.78, 5) is 22.7. The molecule has 2 amide bonds. The molecule has 0 radical (unpaired) electrons. The Balaban J connectivity index is 2.39. The number of nitrogens with one attached hydrogen (secondary N) is 2. The number of thiol groups is 1. The zero-order valence-electron chi connectivity index (χ0n) is 10.6. The Morgan fingerprint density at radius 1 is 1.35 bits per heavy atom. The van der Waals surface area contributed by atoms with E-state index in [4.69, 9.17) is 0 Å². The topological polar surface area (TPSA) is 58.2 Å². The van der Waals surface area contributed by atoms with Gasteiger partial charge in [-0.1, -0.05) is 19.8 Å². The van der Waals surface area contributed by atoms with Crippen LogP contribution in [0.15, 0.2) is 0 Å². The van der Waals surface area contributed by atoms with Gasteiger partial charge in [-0.05, 0) is 18.3 Å². The molecular weight excluding hydrogens is 236 g/mol. The lowest BCUT2D eigenvalue weighted by Gasteiger charge is -2.25. The summed E-state index contributed by atoms with van der Waals surface area (Å²) >= 11 is 4.08. The zero-order chi connectivity index (χ0) is 12.9. The van der Waals surface area contributed by atoms with Crippen LogP contribution in [0.5, 0.6) is 0 Å². The number of rotatable bonds is 5. The van der Waals surface area contributed by atoms with Gasteiger partial charge >= 0.3 is 0 Å². The van der Waals surface area contributed by atoms with Crippen molar-refractivity contribution in [3.8, 4) is 0 Å². The average Bonchev–Trinajstić information content (AvgIpc) is 2.70. The molecular formula is C12H22N2O2S. The second-order valence-electron chi connectivity index (χ2n) is 5.17. The van der Waals surface area contributed by atoms with E-state index < -0.39 is 6.04 Å². The van der Waals surface area contributed by atoms with E-state index in [1.807, 2.05) is 0 Å². The molecule has 0 aliphatic heterocycles. The summed E-state index contributed by atoms with van der Waals surface area (Å²) in [7, 11) is 0. The monoisotopic (exact) mass is 258 g/mol. The molecule has 0 saturated heterocycles. The highest BCUT2D eigenvalue weighted by molar-refractivity contribution is 7.80. The third-order valence-corrected chi connectivity index (χ3v) is 3.74. The lowest BCUT2D eigenvalue weighted by molar-refractivity contribution is -0.127. The van der Waals surface area contributed by atoms with E-state index in [2.05, 4.69) is 30.2 Å². The molecule has 4 nitrogen and oxygen atoms in total. The van der Waals surface area contributed by atoms with Crippen molar-refractivity contribution in [3.63, 3.8) is 0 Å². The molecule has 2 N–H and O–H groups in total. The first-order valence-electron chi connectivity index (χ1n) is 6.12. The second kappa shape index (κ2) is 6.28. The van der Waals surface area contributed by atoms with E-state index >= 15 is 0 Å². The highest BCUT2D eigenvalue weighted by atomic mass is 32.1. The van der Waals surface area contributed by atoms with Crippen LogP contribution in [0.4, 0.5) is 0 Å². The van der Waals surface area contributed by atoms with Gasteiger partial charge in [0.15, 0.2) is 0 Å². The van der Waals surface area contributed by atoms with E-state index in [1.165, 1.54) is 32.6 Å². The molecule has 0 aromatic heterocycles. The van der Waals surface area contributed by atoms with E-state index in [-0.39, 0.29) is 17.2 Å². The number of hydrogen-bond donors (Lipinski definition) is 3. The van der Waals surface area contributed by atoms with Crippen molar-refractivity contribution in [2.75, 3.05) is 12.3 Å².